The fourth-order valence-electron chi connectivity index (χ4n) is 12.1. The molecule has 354 valence electrons. The van der Waals surface area contributed by atoms with Crippen LogP contribution in [0.2, 0.25) is 0 Å². The van der Waals surface area contributed by atoms with Crippen molar-refractivity contribution in [3.63, 3.8) is 0 Å². The lowest BCUT2D eigenvalue weighted by molar-refractivity contribution is 1.16. The molecule has 0 fully saturated rings. The molecule has 0 bridgehead atoms. The molecule has 0 radical (unpaired) electrons. The van der Waals surface area contributed by atoms with Crippen molar-refractivity contribution in [2.75, 3.05) is 0 Å². The Morgan fingerprint density at radius 3 is 1.16 bits per heavy atom. The van der Waals surface area contributed by atoms with Gasteiger partial charge in [-0.25, -0.2) is 9.97 Å². The topological polar surface area (TPSA) is 40.6 Å². The number of aromatic nitrogens is 5. The Labute approximate surface area is 441 Å². The Morgan fingerprint density at radius 1 is 0.289 bits per heavy atom. The molecular formula is C70H43N5S. The van der Waals surface area contributed by atoms with Crippen molar-refractivity contribution in [1.29, 1.82) is 0 Å². The number of thiophene rings is 1. The molecule has 0 saturated carbocycles. The van der Waals surface area contributed by atoms with Crippen LogP contribution < -0.4 is 0 Å². The highest BCUT2D eigenvalue weighted by Gasteiger charge is 2.26. The molecule has 0 aliphatic heterocycles. The highest BCUT2D eigenvalue weighted by molar-refractivity contribution is 7.26. The first-order valence-corrected chi connectivity index (χ1v) is 26.6. The van der Waals surface area contributed by atoms with E-state index in [1.54, 1.807) is 11.3 Å². The van der Waals surface area contributed by atoms with Crippen LogP contribution in [0.5, 0.6) is 0 Å². The first kappa shape index (κ1) is 42.6. The van der Waals surface area contributed by atoms with Gasteiger partial charge >= 0.3 is 0 Å². The van der Waals surface area contributed by atoms with Gasteiger partial charge in [-0.1, -0.05) is 182 Å². The van der Waals surface area contributed by atoms with Gasteiger partial charge in [-0.15, -0.1) is 11.3 Å². The van der Waals surface area contributed by atoms with Gasteiger partial charge in [0, 0.05) is 76.0 Å². The van der Waals surface area contributed by atoms with Crippen LogP contribution in [0.1, 0.15) is 0 Å². The lowest BCUT2D eigenvalue weighted by atomic mass is 9.91. The van der Waals surface area contributed by atoms with Crippen LogP contribution in [0.4, 0.5) is 0 Å². The van der Waals surface area contributed by atoms with E-state index in [1.807, 2.05) is 6.07 Å². The van der Waals surface area contributed by atoms with Crippen molar-refractivity contribution < 1.29 is 0 Å². The number of hydrogen-bond acceptors (Lipinski definition) is 3. The number of para-hydroxylation sites is 4. The van der Waals surface area contributed by atoms with Crippen LogP contribution >= 0.6 is 11.3 Å². The molecule has 16 aromatic rings. The molecule has 5 aromatic heterocycles. The predicted molar refractivity (Wildman–Crippen MR) is 320 cm³/mol. The number of nitrogens with zero attached hydrogens (tertiary/aromatic N) is 5. The van der Waals surface area contributed by atoms with Gasteiger partial charge in [0.2, 0.25) is 0 Å². The maximum Gasteiger partial charge on any atom is 0.160 e. The van der Waals surface area contributed by atoms with E-state index >= 15 is 0 Å². The Bertz CT molecular complexity index is 4650. The number of benzene rings is 11. The lowest BCUT2D eigenvalue weighted by Crippen LogP contribution is -2.03. The lowest BCUT2D eigenvalue weighted by Gasteiger charge is -2.21. The van der Waals surface area contributed by atoms with Crippen LogP contribution in [-0.4, -0.2) is 23.7 Å². The summed E-state index contributed by atoms with van der Waals surface area (Å²) in [5.74, 6) is 0.707. The summed E-state index contributed by atoms with van der Waals surface area (Å²) in [6.07, 6.45) is 0. The van der Waals surface area contributed by atoms with Gasteiger partial charge in [-0.05, 0) is 90.0 Å². The van der Waals surface area contributed by atoms with E-state index in [0.717, 1.165) is 93.5 Å². The predicted octanol–water partition coefficient (Wildman–Crippen LogP) is 18.8. The molecule has 0 unspecified atom stereocenters. The second kappa shape index (κ2) is 16.8. The van der Waals surface area contributed by atoms with Crippen LogP contribution in [0.25, 0.3) is 148 Å². The highest BCUT2D eigenvalue weighted by atomic mass is 32.1. The van der Waals surface area contributed by atoms with E-state index in [2.05, 4.69) is 268 Å². The fourth-order valence-corrected chi connectivity index (χ4v) is 13.3. The molecule has 0 atom stereocenters. The molecule has 6 heteroatoms. The quantitative estimate of drug-likeness (QED) is 0.160. The van der Waals surface area contributed by atoms with Crippen molar-refractivity contribution in [3.8, 4) is 62.0 Å². The second-order valence-electron chi connectivity index (χ2n) is 19.7. The van der Waals surface area contributed by atoms with E-state index in [4.69, 9.17) is 9.97 Å². The molecule has 5 nitrogen and oxygen atoms in total. The Morgan fingerprint density at radius 2 is 0.684 bits per heavy atom. The normalized spacial score (nSPS) is 11.9. The Hall–Kier alpha value is -9.88. The van der Waals surface area contributed by atoms with Gasteiger partial charge in [0.05, 0.1) is 54.7 Å². The minimum Gasteiger partial charge on any atom is -0.309 e. The summed E-state index contributed by atoms with van der Waals surface area (Å²) < 4.78 is 9.66. The van der Waals surface area contributed by atoms with Crippen molar-refractivity contribution in [2.45, 2.75) is 0 Å². The summed E-state index contributed by atoms with van der Waals surface area (Å²) in [7, 11) is 0. The van der Waals surface area contributed by atoms with E-state index in [0.29, 0.717) is 5.82 Å². The molecule has 0 saturated heterocycles. The van der Waals surface area contributed by atoms with Gasteiger partial charge < -0.3 is 13.7 Å². The average Bonchev–Trinajstić information content (AvgIpc) is 4.25. The zero-order valence-electron chi connectivity index (χ0n) is 41.0. The maximum atomic E-state index is 5.54. The summed E-state index contributed by atoms with van der Waals surface area (Å²) in [6.45, 7) is 0. The third-order valence-electron chi connectivity index (χ3n) is 15.4. The first-order chi connectivity index (χ1) is 37.7. The minimum absolute atomic E-state index is 0.707. The van der Waals surface area contributed by atoms with E-state index < -0.39 is 0 Å². The van der Waals surface area contributed by atoms with Gasteiger partial charge in [-0.3, -0.25) is 0 Å². The maximum absolute atomic E-state index is 5.54. The van der Waals surface area contributed by atoms with Crippen molar-refractivity contribution in [3.05, 3.63) is 261 Å². The Kier molecular flexibility index (Phi) is 9.44. The van der Waals surface area contributed by atoms with Crippen LogP contribution in [0.3, 0.4) is 0 Å². The summed E-state index contributed by atoms with van der Waals surface area (Å²) in [4.78, 5) is 10.9. The van der Waals surface area contributed by atoms with Crippen LogP contribution in [0.15, 0.2) is 261 Å². The van der Waals surface area contributed by atoms with Crippen molar-refractivity contribution in [1.82, 2.24) is 23.7 Å². The van der Waals surface area contributed by atoms with Crippen molar-refractivity contribution >= 4 is 97.1 Å². The third-order valence-corrected chi connectivity index (χ3v) is 16.6. The summed E-state index contributed by atoms with van der Waals surface area (Å²) in [5.41, 5.74) is 18.6. The van der Waals surface area contributed by atoms with Gasteiger partial charge in [0.1, 0.15) is 0 Å². The smallest absolute Gasteiger partial charge is 0.160 e. The second-order valence-corrected chi connectivity index (χ2v) is 20.7. The van der Waals surface area contributed by atoms with Gasteiger partial charge in [0.25, 0.3) is 0 Å². The number of hydrogen-bond donors (Lipinski definition) is 0. The molecule has 0 amide bonds. The van der Waals surface area contributed by atoms with Gasteiger partial charge in [-0.2, -0.15) is 0 Å². The van der Waals surface area contributed by atoms with E-state index in [-0.39, 0.29) is 0 Å². The summed E-state index contributed by atoms with van der Waals surface area (Å²) >= 11 is 1.76. The highest BCUT2D eigenvalue weighted by Crippen LogP contribution is 2.48. The molecule has 76 heavy (non-hydrogen) atoms. The average molecular weight is 986 g/mol. The number of fused-ring (bicyclic) bond motifs is 12. The summed E-state index contributed by atoms with van der Waals surface area (Å²) in [5, 5.41) is 8.41. The van der Waals surface area contributed by atoms with Gasteiger partial charge in [0.15, 0.2) is 5.82 Å². The molecular weight excluding hydrogens is 943 g/mol. The van der Waals surface area contributed by atoms with Crippen molar-refractivity contribution in [2.24, 2.45) is 0 Å². The first-order valence-electron chi connectivity index (χ1n) is 25.8. The minimum atomic E-state index is 0.707. The molecule has 0 N–H and O–H groups in total. The number of rotatable bonds is 7. The Balaban J connectivity index is 1.03. The van der Waals surface area contributed by atoms with Crippen LogP contribution in [0, 0.1) is 0 Å². The molecule has 11 aromatic carbocycles. The summed E-state index contributed by atoms with van der Waals surface area (Å²) in [6, 6.07) is 94.9. The van der Waals surface area contributed by atoms with E-state index in [9.17, 15) is 0 Å². The molecule has 0 spiro atoms. The zero-order chi connectivity index (χ0) is 49.8. The molecule has 0 aliphatic rings. The third kappa shape index (κ3) is 6.44. The largest absolute Gasteiger partial charge is 0.309 e. The SMILES string of the molecule is c1ccc(-c2nc(-c3cc(-c4ccccc4)c(-n4c5ccc(-n6c7ccccc7c7ccccc76)cc5c5cc(-n6c7ccccc7c7ccccc76)ccc54)c(-c4ccccc4)c3)c3sc4ccccc4c3n2)cc1. The monoisotopic (exact) mass is 985 g/mol. The van der Waals surface area contributed by atoms with Crippen LogP contribution in [-0.2, 0) is 0 Å². The zero-order valence-corrected chi connectivity index (χ0v) is 41.8. The fraction of sp³-hybridized carbons (Fsp3) is 0. The molecule has 5 heterocycles. The molecule has 0 aliphatic carbocycles. The van der Waals surface area contributed by atoms with E-state index in [1.165, 1.54) is 48.3 Å². The molecule has 16 rings (SSSR count). The standard InChI is InChI=1S/C70H43N5S/c1-4-20-44(21-5-1)55-40-47(66-69-67(54-30-14-19-35-65(54)76-69)72-70(71-66)46-24-8-3-9-25-46)41-56(45-22-6-2-7-23-45)68(55)75-63-38-36-48(73-59-31-15-10-26-50(59)51-27-11-16-32-60(51)73)42-57(63)58-43-49(37-39-64(58)75)74-61-33-17-12-28-52(61)53-29-13-18-34-62(53)74/h1-43H.